The van der Waals surface area contributed by atoms with E-state index in [0.717, 1.165) is 24.8 Å². The van der Waals surface area contributed by atoms with Crippen molar-refractivity contribution in [3.8, 4) is 0 Å². The van der Waals surface area contributed by atoms with Crippen molar-refractivity contribution in [2.75, 3.05) is 20.3 Å². The summed E-state index contributed by atoms with van der Waals surface area (Å²) >= 11 is 0. The summed E-state index contributed by atoms with van der Waals surface area (Å²) in [5, 5.41) is 3.72. The Kier molecular flexibility index (Phi) is 7.63. The standard InChI is InChI=1S/C25H37N3O5/c1-17-11-21-23-22(13-25(29-4,33-23)19(3)10-18(2)14-27-28-26)32-24(12-17,31-21)16-30-15-20-8-6-5-7-9-20/h5-9,17-19,21-23H,10-16H2,1-4H3/t17-,18+,19-,21+,22+,23+,24-,25?/m0/s1. The highest BCUT2D eigenvalue weighted by Gasteiger charge is 2.61. The second kappa shape index (κ2) is 10.3. The Morgan fingerprint density at radius 1 is 1.15 bits per heavy atom. The van der Waals surface area contributed by atoms with Crippen molar-refractivity contribution in [3.05, 3.63) is 46.3 Å². The van der Waals surface area contributed by atoms with Gasteiger partial charge in [0.2, 0.25) is 0 Å². The van der Waals surface area contributed by atoms with Gasteiger partial charge in [0, 0.05) is 37.3 Å². The minimum atomic E-state index is -0.747. The Bertz CT molecular complexity index is 835. The lowest BCUT2D eigenvalue weighted by atomic mass is 9.84. The van der Waals surface area contributed by atoms with Crippen molar-refractivity contribution in [3.63, 3.8) is 0 Å². The number of hydrogen-bond acceptors (Lipinski definition) is 6. The molecule has 0 aromatic heterocycles. The maximum Gasteiger partial charge on any atom is 0.192 e. The summed E-state index contributed by atoms with van der Waals surface area (Å²) in [6.45, 7) is 7.86. The number of fused-ring (bicyclic) bond motifs is 4. The van der Waals surface area contributed by atoms with Crippen LogP contribution in [0.3, 0.4) is 0 Å². The number of methoxy groups -OCH3 is 1. The van der Waals surface area contributed by atoms with E-state index in [9.17, 15) is 0 Å². The normalized spacial score (nSPS) is 37.1. The lowest BCUT2D eigenvalue weighted by Crippen LogP contribution is -2.61. The number of nitrogens with zero attached hydrogens (tertiary/aromatic N) is 3. The highest BCUT2D eigenvalue weighted by Crippen LogP contribution is 2.50. The quantitative estimate of drug-likeness (QED) is 0.272. The molecule has 0 saturated carbocycles. The molecule has 0 spiro atoms. The molecule has 1 aromatic carbocycles. The molecule has 8 nitrogen and oxygen atoms in total. The molecule has 3 fully saturated rings. The minimum Gasteiger partial charge on any atom is -0.371 e. The molecule has 182 valence electrons. The van der Waals surface area contributed by atoms with Crippen molar-refractivity contribution in [1.82, 2.24) is 0 Å². The molecule has 0 N–H and O–H groups in total. The molecule has 8 atom stereocenters. The summed E-state index contributed by atoms with van der Waals surface area (Å²) in [5.41, 5.74) is 9.76. The molecule has 3 saturated heterocycles. The molecule has 0 radical (unpaired) electrons. The first kappa shape index (κ1) is 24.5. The third-order valence-electron chi connectivity index (χ3n) is 7.32. The van der Waals surface area contributed by atoms with E-state index in [0.29, 0.717) is 32.1 Å². The lowest BCUT2D eigenvalue weighted by molar-refractivity contribution is -0.379. The fraction of sp³-hybridized carbons (Fsp3) is 0.760. The summed E-state index contributed by atoms with van der Waals surface area (Å²) in [6.07, 6.45) is 2.92. The van der Waals surface area contributed by atoms with Gasteiger partial charge < -0.3 is 23.7 Å². The van der Waals surface area contributed by atoms with E-state index < -0.39 is 11.6 Å². The minimum absolute atomic E-state index is 0.0438. The van der Waals surface area contributed by atoms with E-state index in [-0.39, 0.29) is 30.1 Å². The zero-order valence-electron chi connectivity index (χ0n) is 20.2. The van der Waals surface area contributed by atoms with Crippen LogP contribution in [0.15, 0.2) is 35.4 Å². The van der Waals surface area contributed by atoms with Gasteiger partial charge >= 0.3 is 0 Å². The average molecular weight is 460 g/mol. The Labute approximate surface area is 196 Å². The Balaban J connectivity index is 1.44. The van der Waals surface area contributed by atoms with Gasteiger partial charge in [-0.3, -0.25) is 0 Å². The molecule has 3 aliphatic heterocycles. The van der Waals surface area contributed by atoms with Gasteiger partial charge in [-0.15, -0.1) is 0 Å². The SMILES string of the molecule is COC1([C@@H](C)C[C@@H](C)CN=[N+]=[N-])C[C@H]2O[C@]3(COCc4ccccc4)C[C@@H](C)C[C@@H](O3)[C@H]2O1. The van der Waals surface area contributed by atoms with E-state index >= 15 is 0 Å². The molecule has 3 heterocycles. The van der Waals surface area contributed by atoms with Crippen molar-refractivity contribution in [2.24, 2.45) is 22.9 Å². The summed E-state index contributed by atoms with van der Waals surface area (Å²) < 4.78 is 31.8. The molecule has 4 rings (SSSR count). The highest BCUT2D eigenvalue weighted by atomic mass is 16.8. The van der Waals surface area contributed by atoms with E-state index in [1.807, 2.05) is 18.2 Å². The topological polar surface area (TPSA) is 94.9 Å². The maximum atomic E-state index is 8.63. The lowest BCUT2D eigenvalue weighted by Gasteiger charge is -2.51. The monoisotopic (exact) mass is 459 g/mol. The summed E-state index contributed by atoms with van der Waals surface area (Å²) in [6, 6.07) is 10.2. The smallest absolute Gasteiger partial charge is 0.192 e. The Hall–Kier alpha value is -1.67. The molecule has 33 heavy (non-hydrogen) atoms. The van der Waals surface area contributed by atoms with Crippen LogP contribution >= 0.6 is 0 Å². The van der Waals surface area contributed by atoms with Crippen LogP contribution in [-0.4, -0.2) is 50.1 Å². The van der Waals surface area contributed by atoms with Crippen molar-refractivity contribution < 1.29 is 23.7 Å². The van der Waals surface area contributed by atoms with Gasteiger partial charge in [-0.25, -0.2) is 0 Å². The van der Waals surface area contributed by atoms with E-state index in [4.69, 9.17) is 29.2 Å². The van der Waals surface area contributed by atoms with Gasteiger partial charge in [-0.05, 0) is 35.8 Å². The predicted octanol–water partition coefficient (Wildman–Crippen LogP) is 5.22. The van der Waals surface area contributed by atoms with Gasteiger partial charge in [-0.1, -0.05) is 56.2 Å². The molecule has 0 amide bonds. The number of rotatable bonds is 10. The van der Waals surface area contributed by atoms with E-state index in [2.05, 4.69) is 42.9 Å². The van der Waals surface area contributed by atoms with Crippen LogP contribution in [0.25, 0.3) is 10.4 Å². The molecular weight excluding hydrogens is 422 g/mol. The van der Waals surface area contributed by atoms with Crippen LogP contribution in [0.1, 0.15) is 52.0 Å². The molecule has 8 heteroatoms. The maximum absolute atomic E-state index is 8.63. The molecule has 3 aliphatic rings. The first-order valence-electron chi connectivity index (χ1n) is 12.1. The first-order chi connectivity index (χ1) is 15.9. The predicted molar refractivity (Wildman–Crippen MR) is 123 cm³/mol. The number of hydrogen-bond donors (Lipinski definition) is 0. The number of azide groups is 1. The van der Waals surface area contributed by atoms with Crippen LogP contribution < -0.4 is 0 Å². The summed E-state index contributed by atoms with van der Waals surface area (Å²) in [5.74, 6) is -0.682. The van der Waals surface area contributed by atoms with E-state index in [1.165, 1.54) is 0 Å². The summed E-state index contributed by atoms with van der Waals surface area (Å²) in [4.78, 5) is 2.89. The third-order valence-corrected chi connectivity index (χ3v) is 7.32. The largest absolute Gasteiger partial charge is 0.371 e. The van der Waals surface area contributed by atoms with Crippen molar-refractivity contribution in [2.45, 2.75) is 82.9 Å². The Morgan fingerprint density at radius 3 is 2.64 bits per heavy atom. The first-order valence-corrected chi connectivity index (χ1v) is 12.1. The van der Waals surface area contributed by atoms with Gasteiger partial charge in [0.05, 0.1) is 18.8 Å². The van der Waals surface area contributed by atoms with Crippen LogP contribution in [0.2, 0.25) is 0 Å². The second-order valence-corrected chi connectivity index (χ2v) is 10.2. The van der Waals surface area contributed by atoms with Gasteiger partial charge in [0.15, 0.2) is 11.6 Å². The van der Waals surface area contributed by atoms with Gasteiger partial charge in [0.25, 0.3) is 0 Å². The molecule has 1 unspecified atom stereocenters. The van der Waals surface area contributed by atoms with Crippen LogP contribution in [0.5, 0.6) is 0 Å². The molecule has 2 bridgehead atoms. The fourth-order valence-corrected chi connectivity index (χ4v) is 5.82. The van der Waals surface area contributed by atoms with Gasteiger partial charge in [-0.2, -0.15) is 0 Å². The number of benzene rings is 1. The third kappa shape index (κ3) is 5.37. The van der Waals surface area contributed by atoms with Gasteiger partial charge in [0.1, 0.15) is 12.7 Å². The zero-order chi connectivity index (χ0) is 23.5. The Morgan fingerprint density at radius 2 is 1.91 bits per heavy atom. The molecule has 1 aromatic rings. The summed E-state index contributed by atoms with van der Waals surface area (Å²) in [7, 11) is 1.71. The molecular formula is C25H37N3O5. The van der Waals surface area contributed by atoms with Crippen molar-refractivity contribution in [1.29, 1.82) is 0 Å². The van der Waals surface area contributed by atoms with Crippen LogP contribution in [0.4, 0.5) is 0 Å². The average Bonchev–Trinajstić information content (AvgIpc) is 3.18. The van der Waals surface area contributed by atoms with Crippen molar-refractivity contribution >= 4 is 0 Å². The zero-order valence-corrected chi connectivity index (χ0v) is 20.2. The molecule has 0 aliphatic carbocycles. The second-order valence-electron chi connectivity index (χ2n) is 10.2. The number of ether oxygens (including phenoxy) is 5. The highest BCUT2D eigenvalue weighted by molar-refractivity contribution is 5.13. The van der Waals surface area contributed by atoms with E-state index in [1.54, 1.807) is 7.11 Å². The fourth-order valence-electron chi connectivity index (χ4n) is 5.82. The van der Waals surface area contributed by atoms with Crippen LogP contribution in [0, 0.1) is 17.8 Å². The van der Waals surface area contributed by atoms with Crippen LogP contribution in [-0.2, 0) is 30.3 Å².